The van der Waals surface area contributed by atoms with Gasteiger partial charge in [0.05, 0.1) is 4.88 Å². The topological polar surface area (TPSA) is 22.1 Å². The maximum absolute atomic E-state index is 5.96. The van der Waals surface area contributed by atoms with E-state index in [1.807, 2.05) is 26.0 Å². The Morgan fingerprint density at radius 3 is 2.41 bits per heavy atom. The molecule has 17 heavy (non-hydrogen) atoms. The van der Waals surface area contributed by atoms with Crippen molar-refractivity contribution >= 4 is 34.5 Å². The first-order valence-corrected chi connectivity index (χ1v) is 6.63. The van der Waals surface area contributed by atoms with Crippen LogP contribution in [-0.2, 0) is 6.61 Å². The molecule has 0 amide bonds. The molecule has 1 aromatic heterocycles. The molecule has 2 aromatic rings. The quantitative estimate of drug-likeness (QED) is 0.820. The van der Waals surface area contributed by atoms with Crippen LogP contribution in [0.3, 0.4) is 0 Å². The molecular formula is C12H11Cl2NOS. The average molecular weight is 288 g/mol. The number of aryl methyl sites for hydroxylation is 2. The smallest absolute Gasteiger partial charge is 0.183 e. The van der Waals surface area contributed by atoms with Crippen molar-refractivity contribution in [2.75, 3.05) is 0 Å². The SMILES string of the molecule is Cc1cc(Cl)cc(C)c1OCc1cnc(Cl)s1. The number of thiazole rings is 1. The Morgan fingerprint density at radius 2 is 1.88 bits per heavy atom. The summed E-state index contributed by atoms with van der Waals surface area (Å²) in [4.78, 5) is 4.97. The number of aromatic nitrogens is 1. The van der Waals surface area contributed by atoms with Crippen LogP contribution in [0.1, 0.15) is 16.0 Å². The lowest BCUT2D eigenvalue weighted by Gasteiger charge is -2.11. The van der Waals surface area contributed by atoms with Gasteiger partial charge in [0.25, 0.3) is 0 Å². The Hall–Kier alpha value is -0.770. The third kappa shape index (κ3) is 3.12. The summed E-state index contributed by atoms with van der Waals surface area (Å²) >= 11 is 13.1. The number of nitrogens with zero attached hydrogens (tertiary/aromatic N) is 1. The Labute approximate surface area is 114 Å². The molecule has 0 spiro atoms. The molecule has 2 rings (SSSR count). The molecule has 0 atom stereocenters. The molecule has 0 bridgehead atoms. The minimum absolute atomic E-state index is 0.480. The summed E-state index contributed by atoms with van der Waals surface area (Å²) in [7, 11) is 0. The second-order valence-corrected chi connectivity index (χ2v) is 5.87. The van der Waals surface area contributed by atoms with Gasteiger partial charge in [0.2, 0.25) is 0 Å². The van der Waals surface area contributed by atoms with Gasteiger partial charge in [0.15, 0.2) is 4.47 Å². The van der Waals surface area contributed by atoms with Crippen molar-refractivity contribution in [1.29, 1.82) is 0 Å². The standard InChI is InChI=1S/C12H11Cl2NOS/c1-7-3-9(13)4-8(2)11(7)16-6-10-5-15-12(14)17-10/h3-5H,6H2,1-2H3. The fourth-order valence-electron chi connectivity index (χ4n) is 1.62. The molecule has 0 fully saturated rings. The first-order chi connectivity index (χ1) is 8.06. The normalized spacial score (nSPS) is 10.6. The maximum Gasteiger partial charge on any atom is 0.183 e. The molecule has 0 saturated heterocycles. The van der Waals surface area contributed by atoms with Gasteiger partial charge in [-0.2, -0.15) is 0 Å². The van der Waals surface area contributed by atoms with Gasteiger partial charge in [0.1, 0.15) is 12.4 Å². The summed E-state index contributed by atoms with van der Waals surface area (Å²) in [5.74, 6) is 0.874. The number of rotatable bonds is 3. The van der Waals surface area contributed by atoms with E-state index in [1.165, 1.54) is 11.3 Å². The highest BCUT2D eigenvalue weighted by Gasteiger charge is 2.07. The van der Waals surface area contributed by atoms with Crippen molar-refractivity contribution < 1.29 is 4.74 Å². The predicted octanol–water partition coefficient (Wildman–Crippen LogP) is 4.65. The molecule has 0 unspecified atom stereocenters. The molecule has 2 nitrogen and oxygen atoms in total. The molecule has 1 aromatic carbocycles. The Balaban J connectivity index is 2.14. The molecule has 0 aliphatic carbocycles. The van der Waals surface area contributed by atoms with E-state index in [0.29, 0.717) is 11.1 Å². The van der Waals surface area contributed by atoms with Crippen molar-refractivity contribution in [2.24, 2.45) is 0 Å². The zero-order chi connectivity index (χ0) is 12.4. The second kappa shape index (κ2) is 5.25. The van der Waals surface area contributed by atoms with E-state index >= 15 is 0 Å². The Bertz CT molecular complexity index is 516. The van der Waals surface area contributed by atoms with Crippen molar-refractivity contribution in [3.63, 3.8) is 0 Å². The van der Waals surface area contributed by atoms with Crippen LogP contribution < -0.4 is 4.74 Å². The van der Waals surface area contributed by atoms with E-state index in [1.54, 1.807) is 6.20 Å². The molecule has 0 aliphatic rings. The van der Waals surface area contributed by atoms with Crippen molar-refractivity contribution in [3.05, 3.63) is 43.8 Å². The zero-order valence-electron chi connectivity index (χ0n) is 9.46. The molecular weight excluding hydrogens is 277 g/mol. The fourth-order valence-corrected chi connectivity index (χ4v) is 2.84. The van der Waals surface area contributed by atoms with E-state index in [2.05, 4.69) is 4.98 Å². The van der Waals surface area contributed by atoms with Gasteiger partial charge in [-0.25, -0.2) is 4.98 Å². The molecule has 1 heterocycles. The second-order valence-electron chi connectivity index (χ2n) is 3.74. The van der Waals surface area contributed by atoms with E-state index in [9.17, 15) is 0 Å². The van der Waals surface area contributed by atoms with Gasteiger partial charge in [-0.05, 0) is 37.1 Å². The number of benzene rings is 1. The Kier molecular flexibility index (Phi) is 3.92. The molecule has 0 saturated carbocycles. The van der Waals surface area contributed by atoms with Crippen LogP contribution >= 0.6 is 34.5 Å². The van der Waals surface area contributed by atoms with Crippen molar-refractivity contribution in [3.8, 4) is 5.75 Å². The summed E-state index contributed by atoms with van der Waals surface area (Å²) in [6, 6.07) is 3.78. The highest BCUT2D eigenvalue weighted by Crippen LogP contribution is 2.28. The summed E-state index contributed by atoms with van der Waals surface area (Å²) in [6.07, 6.45) is 1.73. The molecule has 0 radical (unpaired) electrons. The fraction of sp³-hybridized carbons (Fsp3) is 0.250. The summed E-state index contributed by atoms with van der Waals surface area (Å²) in [5.41, 5.74) is 2.07. The van der Waals surface area contributed by atoms with Gasteiger partial charge in [-0.3, -0.25) is 0 Å². The molecule has 0 aliphatic heterocycles. The van der Waals surface area contributed by atoms with E-state index in [-0.39, 0.29) is 0 Å². The lowest BCUT2D eigenvalue weighted by atomic mass is 10.1. The van der Waals surface area contributed by atoms with Gasteiger partial charge in [-0.1, -0.05) is 23.2 Å². The maximum atomic E-state index is 5.96. The minimum Gasteiger partial charge on any atom is -0.487 e. The van der Waals surface area contributed by atoms with E-state index in [4.69, 9.17) is 27.9 Å². The van der Waals surface area contributed by atoms with Crippen LogP contribution in [0.4, 0.5) is 0 Å². The number of hydrogen-bond donors (Lipinski definition) is 0. The van der Waals surface area contributed by atoms with Gasteiger partial charge in [0, 0.05) is 11.2 Å². The first-order valence-electron chi connectivity index (χ1n) is 5.06. The molecule has 90 valence electrons. The third-order valence-corrected chi connectivity index (χ3v) is 3.62. The van der Waals surface area contributed by atoms with E-state index in [0.717, 1.165) is 26.8 Å². The van der Waals surface area contributed by atoms with Crippen LogP contribution in [0.2, 0.25) is 9.49 Å². The van der Waals surface area contributed by atoms with Crippen LogP contribution in [0.15, 0.2) is 18.3 Å². The van der Waals surface area contributed by atoms with Gasteiger partial charge in [-0.15, -0.1) is 11.3 Å². The Morgan fingerprint density at radius 1 is 1.24 bits per heavy atom. The van der Waals surface area contributed by atoms with Crippen LogP contribution in [0.25, 0.3) is 0 Å². The predicted molar refractivity (Wildman–Crippen MR) is 72.4 cm³/mol. The summed E-state index contributed by atoms with van der Waals surface area (Å²) < 4.78 is 6.31. The highest BCUT2D eigenvalue weighted by atomic mass is 35.5. The zero-order valence-corrected chi connectivity index (χ0v) is 11.8. The van der Waals surface area contributed by atoms with Gasteiger partial charge >= 0.3 is 0 Å². The third-order valence-electron chi connectivity index (χ3n) is 2.31. The monoisotopic (exact) mass is 287 g/mol. The molecule has 0 N–H and O–H groups in total. The van der Waals surface area contributed by atoms with Crippen molar-refractivity contribution in [1.82, 2.24) is 4.98 Å². The van der Waals surface area contributed by atoms with Crippen molar-refractivity contribution in [2.45, 2.75) is 20.5 Å². The van der Waals surface area contributed by atoms with Crippen LogP contribution in [-0.4, -0.2) is 4.98 Å². The van der Waals surface area contributed by atoms with E-state index < -0.39 is 0 Å². The largest absolute Gasteiger partial charge is 0.487 e. The summed E-state index contributed by atoms with van der Waals surface area (Å²) in [5, 5.41) is 0.730. The van der Waals surface area contributed by atoms with Crippen LogP contribution in [0.5, 0.6) is 5.75 Å². The average Bonchev–Trinajstić information content (AvgIpc) is 2.62. The number of ether oxygens (including phenoxy) is 1. The minimum atomic E-state index is 0.480. The summed E-state index contributed by atoms with van der Waals surface area (Å²) in [6.45, 7) is 4.44. The highest BCUT2D eigenvalue weighted by molar-refractivity contribution is 7.15. The van der Waals surface area contributed by atoms with Crippen LogP contribution in [0, 0.1) is 13.8 Å². The first kappa shape index (κ1) is 12.7. The lowest BCUT2D eigenvalue weighted by Crippen LogP contribution is -1.97. The number of halogens is 2. The molecule has 5 heteroatoms. The lowest BCUT2D eigenvalue weighted by molar-refractivity contribution is 0.305. The van der Waals surface area contributed by atoms with Gasteiger partial charge < -0.3 is 4.74 Å². The number of hydrogen-bond acceptors (Lipinski definition) is 3.